The number of halogens is 1. The fraction of sp³-hybridized carbons (Fsp3) is 0.381. The molecule has 3 rings (SSSR count). The molecule has 0 spiro atoms. The number of hydrogen-bond donors (Lipinski definition) is 2. The maximum absolute atomic E-state index is 13.9. The van der Waals surface area contributed by atoms with Crippen LogP contribution in [0.15, 0.2) is 47.4 Å². The van der Waals surface area contributed by atoms with Crippen molar-refractivity contribution in [3.8, 4) is 0 Å². The van der Waals surface area contributed by atoms with Gasteiger partial charge in [0.05, 0.1) is 26.2 Å². The van der Waals surface area contributed by atoms with E-state index in [4.69, 9.17) is 0 Å². The third-order valence-corrected chi connectivity index (χ3v) is 7.23. The number of sulfonamides is 1. The summed E-state index contributed by atoms with van der Waals surface area (Å²) in [6.07, 6.45) is 0.830. The van der Waals surface area contributed by atoms with E-state index in [1.807, 2.05) is 32.0 Å². The fourth-order valence-corrected chi connectivity index (χ4v) is 5.13. The molecule has 1 aliphatic rings. The molecule has 156 valence electrons. The maximum atomic E-state index is 13.9. The Kier molecular flexibility index (Phi) is 6.66. The maximum Gasteiger partial charge on any atom is 0.279 e. The van der Waals surface area contributed by atoms with Crippen LogP contribution in [0.2, 0.25) is 0 Å². The first-order chi connectivity index (χ1) is 13.8. The molecule has 8 heteroatoms. The summed E-state index contributed by atoms with van der Waals surface area (Å²) in [6, 6.07) is 11.4. The molecule has 1 saturated heterocycles. The number of nitrogens with one attached hydrogen (secondary N) is 2. The molecule has 0 radical (unpaired) electrons. The Labute approximate surface area is 171 Å². The topological polar surface area (TPSA) is 70.9 Å². The molecule has 0 saturated carbocycles. The molecule has 1 aliphatic heterocycles. The summed E-state index contributed by atoms with van der Waals surface area (Å²) in [6.45, 7) is 5.78. The predicted octanol–water partition coefficient (Wildman–Crippen LogP) is 1.22. The Balaban J connectivity index is 1.59. The Bertz CT molecular complexity index is 986. The lowest BCUT2D eigenvalue weighted by Gasteiger charge is -2.31. The molecule has 0 bridgehead atoms. The highest BCUT2D eigenvalue weighted by atomic mass is 32.2. The molecule has 0 aliphatic carbocycles. The second kappa shape index (κ2) is 9.02. The van der Waals surface area contributed by atoms with Gasteiger partial charge in [-0.15, -0.1) is 0 Å². The van der Waals surface area contributed by atoms with Crippen molar-refractivity contribution in [3.63, 3.8) is 0 Å². The summed E-state index contributed by atoms with van der Waals surface area (Å²) in [5, 5.41) is 3.01. The molecule has 0 unspecified atom stereocenters. The highest BCUT2D eigenvalue weighted by Gasteiger charge is 2.32. The van der Waals surface area contributed by atoms with Crippen molar-refractivity contribution >= 4 is 21.6 Å². The van der Waals surface area contributed by atoms with Gasteiger partial charge in [-0.2, -0.15) is 4.31 Å². The molecule has 0 aromatic heterocycles. The number of carbonyl (C=O) groups excluding carboxylic acids is 1. The summed E-state index contributed by atoms with van der Waals surface area (Å²) in [5.74, 6) is -0.832. The highest BCUT2D eigenvalue weighted by molar-refractivity contribution is 7.89. The number of carbonyl (C=O) groups is 1. The Morgan fingerprint density at radius 2 is 1.83 bits per heavy atom. The van der Waals surface area contributed by atoms with Crippen molar-refractivity contribution in [3.05, 3.63) is 59.4 Å². The smallest absolute Gasteiger partial charge is 0.279 e. The quantitative estimate of drug-likeness (QED) is 0.738. The fourth-order valence-electron chi connectivity index (χ4n) is 3.63. The number of amides is 1. The monoisotopic (exact) mass is 420 g/mol. The average molecular weight is 421 g/mol. The average Bonchev–Trinajstić information content (AvgIpc) is 2.70. The molecule has 2 aromatic carbocycles. The Morgan fingerprint density at radius 1 is 1.14 bits per heavy atom. The number of aryl methyl sites for hydroxylation is 2. The molecular weight excluding hydrogens is 393 g/mol. The molecule has 29 heavy (non-hydrogen) atoms. The van der Waals surface area contributed by atoms with Crippen molar-refractivity contribution in [1.82, 2.24) is 4.31 Å². The van der Waals surface area contributed by atoms with Gasteiger partial charge in [-0.3, -0.25) is 4.79 Å². The first kappa shape index (κ1) is 21.4. The van der Waals surface area contributed by atoms with Crippen molar-refractivity contribution in [2.75, 3.05) is 38.0 Å². The zero-order chi connectivity index (χ0) is 21.0. The van der Waals surface area contributed by atoms with Crippen molar-refractivity contribution in [2.45, 2.75) is 25.2 Å². The largest absolute Gasteiger partial charge is 0.325 e. The van der Waals surface area contributed by atoms with Gasteiger partial charge >= 0.3 is 0 Å². The second-order valence-corrected chi connectivity index (χ2v) is 9.18. The third-order valence-electron chi connectivity index (χ3n) is 5.30. The molecular formula is C21H27FN3O3S+. The number of anilines is 1. The number of nitrogens with zero attached hydrogens (tertiary/aromatic N) is 1. The minimum Gasteiger partial charge on any atom is -0.325 e. The lowest BCUT2D eigenvalue weighted by atomic mass is 10.1. The van der Waals surface area contributed by atoms with E-state index >= 15 is 0 Å². The van der Waals surface area contributed by atoms with E-state index in [2.05, 4.69) is 5.32 Å². The Morgan fingerprint density at radius 3 is 2.48 bits per heavy atom. The van der Waals surface area contributed by atoms with Crippen LogP contribution in [-0.2, 0) is 21.2 Å². The van der Waals surface area contributed by atoms with Crippen LogP contribution < -0.4 is 10.2 Å². The number of rotatable bonds is 6. The summed E-state index contributed by atoms with van der Waals surface area (Å²) in [7, 11) is -3.86. The number of piperazine rings is 1. The predicted molar refractivity (Wildman–Crippen MR) is 110 cm³/mol. The van der Waals surface area contributed by atoms with Gasteiger partial charge in [-0.05, 0) is 36.6 Å². The van der Waals surface area contributed by atoms with Crippen LogP contribution in [-0.4, -0.2) is 51.4 Å². The van der Waals surface area contributed by atoms with Gasteiger partial charge in [0.2, 0.25) is 10.0 Å². The highest BCUT2D eigenvalue weighted by Crippen LogP contribution is 2.21. The van der Waals surface area contributed by atoms with Crippen LogP contribution in [0.25, 0.3) is 0 Å². The molecule has 2 aromatic rings. The number of hydrogen-bond acceptors (Lipinski definition) is 3. The number of para-hydroxylation sites is 1. The Hall–Kier alpha value is -2.29. The molecule has 1 amide bonds. The van der Waals surface area contributed by atoms with Crippen molar-refractivity contribution in [1.29, 1.82) is 0 Å². The molecule has 2 N–H and O–H groups in total. The first-order valence-electron chi connectivity index (χ1n) is 9.79. The minimum atomic E-state index is -3.86. The van der Waals surface area contributed by atoms with Gasteiger partial charge in [0.25, 0.3) is 5.91 Å². The van der Waals surface area contributed by atoms with Crippen LogP contribution >= 0.6 is 0 Å². The van der Waals surface area contributed by atoms with Gasteiger partial charge in [-0.1, -0.05) is 37.3 Å². The van der Waals surface area contributed by atoms with Gasteiger partial charge < -0.3 is 10.2 Å². The first-order valence-corrected chi connectivity index (χ1v) is 11.2. The summed E-state index contributed by atoms with van der Waals surface area (Å²) < 4.78 is 40.6. The number of quaternary nitrogens is 1. The van der Waals surface area contributed by atoms with Crippen LogP contribution in [0.3, 0.4) is 0 Å². The van der Waals surface area contributed by atoms with Gasteiger partial charge in [0.1, 0.15) is 10.7 Å². The van der Waals surface area contributed by atoms with E-state index in [0.717, 1.165) is 34.2 Å². The van der Waals surface area contributed by atoms with Gasteiger partial charge in [0, 0.05) is 5.69 Å². The summed E-state index contributed by atoms with van der Waals surface area (Å²) >= 11 is 0. The minimum absolute atomic E-state index is 0.0885. The van der Waals surface area contributed by atoms with Crippen molar-refractivity contribution < 1.29 is 22.5 Å². The lowest BCUT2D eigenvalue weighted by molar-refractivity contribution is -0.895. The van der Waals surface area contributed by atoms with E-state index in [1.165, 1.54) is 22.5 Å². The van der Waals surface area contributed by atoms with E-state index in [1.54, 1.807) is 0 Å². The lowest BCUT2D eigenvalue weighted by Crippen LogP contribution is -3.15. The molecule has 1 fully saturated rings. The van der Waals surface area contributed by atoms with E-state index < -0.39 is 15.8 Å². The van der Waals surface area contributed by atoms with E-state index in [-0.39, 0.29) is 30.4 Å². The summed E-state index contributed by atoms with van der Waals surface area (Å²) in [4.78, 5) is 13.2. The molecule has 6 nitrogen and oxygen atoms in total. The normalized spacial score (nSPS) is 16.0. The number of benzene rings is 2. The second-order valence-electron chi connectivity index (χ2n) is 7.27. The standard InChI is InChI=1S/C21H26FN3O3S/c1-3-17-8-6-7-16(2)21(17)23-20(26)15-24-11-13-25(14-12-24)29(27,28)19-10-5-4-9-18(19)22/h4-10H,3,11-15H2,1-2H3,(H,23,26)/p+1. The molecule has 1 heterocycles. The van der Waals surface area contributed by atoms with Crippen molar-refractivity contribution in [2.24, 2.45) is 0 Å². The zero-order valence-corrected chi connectivity index (χ0v) is 17.6. The van der Waals surface area contributed by atoms with Crippen LogP contribution in [0.1, 0.15) is 18.1 Å². The third kappa shape index (κ3) is 4.83. The van der Waals surface area contributed by atoms with E-state index in [0.29, 0.717) is 13.1 Å². The molecule has 0 atom stereocenters. The van der Waals surface area contributed by atoms with Crippen LogP contribution in [0.4, 0.5) is 10.1 Å². The van der Waals surface area contributed by atoms with Gasteiger partial charge in [0.15, 0.2) is 6.54 Å². The van der Waals surface area contributed by atoms with Gasteiger partial charge in [-0.25, -0.2) is 12.8 Å². The summed E-state index contributed by atoms with van der Waals surface area (Å²) in [5.41, 5.74) is 2.97. The SMILES string of the molecule is CCc1cccc(C)c1NC(=O)C[NH+]1CCN(S(=O)(=O)c2ccccc2F)CC1. The van der Waals surface area contributed by atoms with E-state index in [9.17, 15) is 17.6 Å². The van der Waals surface area contributed by atoms with Crippen LogP contribution in [0, 0.1) is 12.7 Å². The van der Waals surface area contributed by atoms with Crippen LogP contribution in [0.5, 0.6) is 0 Å². The zero-order valence-electron chi connectivity index (χ0n) is 16.7.